The minimum absolute atomic E-state index is 0.0507. The number of rotatable bonds is 7. The standard InChI is InChI=1S/C36H29N3O6/c1-21(2)45-26-17-13-24(14-18-26)33(41)31-30(32(40)23-11-15-25(16-12-23)39(43)44)36(28-9-5-6-10-29(28)37-35(36)42)34-27-8-4-3-7-22(27)19-20-38(31)34/h3-21,30-31,34H,1-2H3,(H,37,42)/t30-,31-,34-,36+/m1/s1. The summed E-state index contributed by atoms with van der Waals surface area (Å²) in [6, 6.07) is 25.3. The van der Waals surface area contributed by atoms with Crippen LogP contribution in [0, 0.1) is 16.0 Å². The van der Waals surface area contributed by atoms with Gasteiger partial charge >= 0.3 is 0 Å². The molecule has 4 atom stereocenters. The van der Waals surface area contributed by atoms with Crippen LogP contribution in [0.4, 0.5) is 11.4 Å². The molecule has 4 aromatic rings. The lowest BCUT2D eigenvalue weighted by molar-refractivity contribution is -0.384. The van der Waals surface area contributed by atoms with Gasteiger partial charge in [0.25, 0.3) is 5.69 Å². The second-order valence-electron chi connectivity index (χ2n) is 11.8. The minimum Gasteiger partial charge on any atom is -0.491 e. The van der Waals surface area contributed by atoms with E-state index in [-0.39, 0.29) is 29.0 Å². The Hall–Kier alpha value is -5.57. The molecule has 9 heteroatoms. The summed E-state index contributed by atoms with van der Waals surface area (Å²) in [7, 11) is 0. The van der Waals surface area contributed by atoms with Crippen LogP contribution in [0.15, 0.2) is 103 Å². The molecule has 3 aliphatic heterocycles. The molecule has 4 aromatic carbocycles. The number of nitrogens with zero attached hydrogens (tertiary/aromatic N) is 2. The van der Waals surface area contributed by atoms with Gasteiger partial charge in [-0.15, -0.1) is 0 Å². The number of carbonyl (C=O) groups is 3. The zero-order valence-corrected chi connectivity index (χ0v) is 24.5. The fraction of sp³-hybridized carbons (Fsp3) is 0.194. The van der Waals surface area contributed by atoms with E-state index in [0.717, 1.165) is 11.1 Å². The van der Waals surface area contributed by atoms with Gasteiger partial charge in [0.2, 0.25) is 5.91 Å². The number of amides is 1. The lowest BCUT2D eigenvalue weighted by Crippen LogP contribution is -2.49. The Labute approximate surface area is 259 Å². The van der Waals surface area contributed by atoms with Gasteiger partial charge in [-0.1, -0.05) is 42.5 Å². The number of ketones is 2. The van der Waals surface area contributed by atoms with Crippen molar-refractivity contribution in [3.63, 3.8) is 0 Å². The van der Waals surface area contributed by atoms with Crippen molar-refractivity contribution in [3.05, 3.63) is 141 Å². The summed E-state index contributed by atoms with van der Waals surface area (Å²) in [4.78, 5) is 56.8. The molecular weight excluding hydrogens is 570 g/mol. The molecule has 45 heavy (non-hydrogen) atoms. The molecule has 1 amide bonds. The number of nitro groups is 1. The first-order chi connectivity index (χ1) is 21.7. The number of anilines is 1. The highest BCUT2D eigenvalue weighted by molar-refractivity contribution is 6.16. The monoisotopic (exact) mass is 599 g/mol. The van der Waals surface area contributed by atoms with Crippen molar-refractivity contribution >= 4 is 34.9 Å². The van der Waals surface area contributed by atoms with Gasteiger partial charge in [0.1, 0.15) is 17.2 Å². The molecule has 0 aliphatic carbocycles. The van der Waals surface area contributed by atoms with E-state index in [4.69, 9.17) is 4.74 Å². The van der Waals surface area contributed by atoms with Crippen molar-refractivity contribution in [2.75, 3.05) is 5.32 Å². The molecular formula is C36H29N3O6. The van der Waals surface area contributed by atoms with Crippen molar-refractivity contribution < 1.29 is 24.0 Å². The van der Waals surface area contributed by atoms with Gasteiger partial charge in [0.15, 0.2) is 11.6 Å². The van der Waals surface area contributed by atoms with Crippen LogP contribution in [0.1, 0.15) is 57.3 Å². The lowest BCUT2D eigenvalue weighted by Gasteiger charge is -2.38. The Morgan fingerprint density at radius 3 is 2.24 bits per heavy atom. The van der Waals surface area contributed by atoms with E-state index in [1.165, 1.54) is 24.3 Å². The Morgan fingerprint density at radius 2 is 1.53 bits per heavy atom. The van der Waals surface area contributed by atoms with E-state index < -0.39 is 34.1 Å². The highest BCUT2D eigenvalue weighted by atomic mass is 16.6. The van der Waals surface area contributed by atoms with Gasteiger partial charge in [0, 0.05) is 35.1 Å². The van der Waals surface area contributed by atoms with E-state index >= 15 is 0 Å². The first-order valence-electron chi connectivity index (χ1n) is 14.8. The van der Waals surface area contributed by atoms with Gasteiger partial charge in [-0.05, 0) is 79.1 Å². The van der Waals surface area contributed by atoms with Gasteiger partial charge in [-0.25, -0.2) is 0 Å². The van der Waals surface area contributed by atoms with Gasteiger partial charge in [0.05, 0.1) is 23.0 Å². The van der Waals surface area contributed by atoms with Crippen LogP contribution in [-0.4, -0.2) is 39.4 Å². The third-order valence-electron chi connectivity index (χ3n) is 8.99. The number of non-ortho nitro benzene ring substituents is 1. The molecule has 0 unspecified atom stereocenters. The Balaban J connectivity index is 1.46. The average Bonchev–Trinajstić information content (AvgIpc) is 3.52. The second kappa shape index (κ2) is 10.6. The molecule has 224 valence electrons. The van der Waals surface area contributed by atoms with Crippen molar-refractivity contribution in [1.82, 2.24) is 4.90 Å². The number of carbonyl (C=O) groups excluding carboxylic acids is 3. The van der Waals surface area contributed by atoms with Crippen LogP contribution in [0.25, 0.3) is 6.08 Å². The normalized spacial score (nSPS) is 22.5. The minimum atomic E-state index is -1.49. The topological polar surface area (TPSA) is 119 Å². The van der Waals surface area contributed by atoms with E-state index in [1.54, 1.807) is 30.3 Å². The van der Waals surface area contributed by atoms with Crippen LogP contribution in [0.2, 0.25) is 0 Å². The number of fused-ring (bicyclic) bond motifs is 6. The molecule has 1 spiro atoms. The maximum atomic E-state index is 14.8. The quantitative estimate of drug-likeness (QED) is 0.149. The zero-order valence-electron chi connectivity index (χ0n) is 24.5. The molecule has 1 fully saturated rings. The highest BCUT2D eigenvalue weighted by Crippen LogP contribution is 2.62. The predicted molar refractivity (Wildman–Crippen MR) is 168 cm³/mol. The number of Topliss-reactive ketones (excluding diaryl/α,β-unsaturated/α-hetero) is 2. The molecule has 1 saturated heterocycles. The number of ether oxygens (including phenoxy) is 1. The first kappa shape index (κ1) is 28.2. The van der Waals surface area contributed by atoms with Gasteiger partial charge < -0.3 is 15.0 Å². The number of hydrogen-bond acceptors (Lipinski definition) is 7. The Bertz CT molecular complexity index is 1900. The van der Waals surface area contributed by atoms with Gasteiger partial charge in [-0.3, -0.25) is 24.5 Å². The molecule has 3 aliphatic rings. The van der Waals surface area contributed by atoms with E-state index in [0.29, 0.717) is 22.6 Å². The highest BCUT2D eigenvalue weighted by Gasteiger charge is 2.70. The predicted octanol–water partition coefficient (Wildman–Crippen LogP) is 6.36. The summed E-state index contributed by atoms with van der Waals surface area (Å²) in [6.45, 7) is 3.83. The van der Waals surface area contributed by atoms with Crippen molar-refractivity contribution in [2.24, 2.45) is 5.92 Å². The number of para-hydroxylation sites is 1. The summed E-state index contributed by atoms with van der Waals surface area (Å²) in [5.74, 6) is -1.72. The molecule has 1 N–H and O–H groups in total. The van der Waals surface area contributed by atoms with E-state index in [2.05, 4.69) is 5.32 Å². The fourth-order valence-corrected chi connectivity index (χ4v) is 7.24. The van der Waals surface area contributed by atoms with Crippen LogP contribution >= 0.6 is 0 Å². The molecule has 0 aromatic heterocycles. The molecule has 7 rings (SSSR count). The van der Waals surface area contributed by atoms with Crippen LogP contribution < -0.4 is 10.1 Å². The maximum Gasteiger partial charge on any atom is 0.269 e. The number of benzene rings is 4. The Morgan fingerprint density at radius 1 is 0.889 bits per heavy atom. The maximum absolute atomic E-state index is 14.8. The van der Waals surface area contributed by atoms with Gasteiger partial charge in [-0.2, -0.15) is 0 Å². The fourth-order valence-electron chi connectivity index (χ4n) is 7.24. The molecule has 9 nitrogen and oxygen atoms in total. The summed E-state index contributed by atoms with van der Waals surface area (Å²) >= 11 is 0. The third-order valence-corrected chi connectivity index (χ3v) is 8.99. The number of hydrogen-bond donors (Lipinski definition) is 1. The number of nitrogens with one attached hydrogen (secondary N) is 1. The zero-order chi connectivity index (χ0) is 31.5. The first-order valence-corrected chi connectivity index (χ1v) is 14.8. The average molecular weight is 600 g/mol. The van der Waals surface area contributed by atoms with Crippen LogP contribution in [0.3, 0.4) is 0 Å². The third kappa shape index (κ3) is 4.26. The molecule has 0 bridgehead atoms. The van der Waals surface area contributed by atoms with Crippen molar-refractivity contribution in [2.45, 2.75) is 37.5 Å². The van der Waals surface area contributed by atoms with E-state index in [9.17, 15) is 24.5 Å². The van der Waals surface area contributed by atoms with E-state index in [1.807, 2.05) is 73.5 Å². The molecule has 3 heterocycles. The van der Waals surface area contributed by atoms with Crippen LogP contribution in [-0.2, 0) is 10.2 Å². The number of nitro benzene ring substituents is 1. The second-order valence-corrected chi connectivity index (χ2v) is 11.8. The summed E-state index contributed by atoms with van der Waals surface area (Å²) < 4.78 is 5.78. The Kier molecular flexibility index (Phi) is 6.62. The SMILES string of the molecule is CC(C)Oc1ccc(C(=O)[C@H]2[C@H](C(=O)c3ccc([N+](=O)[O-])cc3)[C@]3(C(=O)Nc4ccccc43)[C@H]3c4ccccc4C=CN23)cc1. The van der Waals surface area contributed by atoms with Crippen LogP contribution in [0.5, 0.6) is 5.75 Å². The smallest absolute Gasteiger partial charge is 0.269 e. The van der Waals surface area contributed by atoms with Crippen molar-refractivity contribution in [1.29, 1.82) is 0 Å². The molecule has 0 saturated carbocycles. The lowest BCUT2D eigenvalue weighted by atomic mass is 9.62. The summed E-state index contributed by atoms with van der Waals surface area (Å²) in [5.41, 5.74) is 1.82. The molecule has 0 radical (unpaired) electrons. The summed E-state index contributed by atoms with van der Waals surface area (Å²) in [5, 5.41) is 14.4. The largest absolute Gasteiger partial charge is 0.491 e. The summed E-state index contributed by atoms with van der Waals surface area (Å²) in [6.07, 6.45) is 3.66. The van der Waals surface area contributed by atoms with Crippen molar-refractivity contribution in [3.8, 4) is 5.75 Å².